The van der Waals surface area contributed by atoms with E-state index in [4.69, 9.17) is 5.73 Å². The van der Waals surface area contributed by atoms with Gasteiger partial charge in [-0.3, -0.25) is 4.68 Å². The summed E-state index contributed by atoms with van der Waals surface area (Å²) in [6.07, 6.45) is 2.90. The number of nitrogens with two attached hydrogens (primary N) is 1. The second-order valence-electron chi connectivity index (χ2n) is 4.64. The van der Waals surface area contributed by atoms with Gasteiger partial charge in [-0.1, -0.05) is 6.92 Å². The van der Waals surface area contributed by atoms with Gasteiger partial charge >= 0.3 is 0 Å². The zero-order valence-corrected chi connectivity index (χ0v) is 12.5. The Morgan fingerprint density at radius 3 is 2.85 bits per heavy atom. The van der Waals surface area contributed by atoms with Gasteiger partial charge in [-0.25, -0.2) is 4.98 Å². The van der Waals surface area contributed by atoms with Crippen LogP contribution in [0.15, 0.2) is 12.3 Å². The number of nitrogens with zero attached hydrogens (tertiary/aromatic N) is 4. The van der Waals surface area contributed by atoms with Crippen molar-refractivity contribution < 1.29 is 0 Å². The van der Waals surface area contributed by atoms with E-state index in [2.05, 4.69) is 33.4 Å². The molecule has 104 valence electrons. The van der Waals surface area contributed by atoms with Gasteiger partial charge in [-0.15, -0.1) is 11.3 Å². The van der Waals surface area contributed by atoms with Gasteiger partial charge in [0.05, 0.1) is 16.8 Å². The topological polar surface area (TPSA) is 81.7 Å². The number of hydrogen-bond donors (Lipinski definition) is 2. The van der Waals surface area contributed by atoms with E-state index >= 15 is 0 Å². The minimum absolute atomic E-state index is 0.283. The third-order valence-electron chi connectivity index (χ3n) is 3.08. The monoisotopic (exact) mass is 288 g/mol. The summed E-state index contributed by atoms with van der Waals surface area (Å²) in [5.74, 6) is 1.02. The molecule has 3 rings (SSSR count). The first kappa shape index (κ1) is 12.9. The average molecular weight is 288 g/mol. The van der Waals surface area contributed by atoms with E-state index in [1.54, 1.807) is 16.0 Å². The van der Waals surface area contributed by atoms with Crippen LogP contribution in [0.1, 0.15) is 17.5 Å². The molecule has 20 heavy (non-hydrogen) atoms. The Bertz CT molecular complexity index is 773. The van der Waals surface area contributed by atoms with Gasteiger partial charge in [-0.05, 0) is 19.4 Å². The molecule has 0 unspecified atom stereocenters. The highest BCUT2D eigenvalue weighted by Gasteiger charge is 2.12. The maximum Gasteiger partial charge on any atom is 0.223 e. The van der Waals surface area contributed by atoms with Crippen molar-refractivity contribution in [1.29, 1.82) is 0 Å². The second kappa shape index (κ2) is 4.75. The fourth-order valence-electron chi connectivity index (χ4n) is 2.11. The van der Waals surface area contributed by atoms with Crippen molar-refractivity contribution in [3.63, 3.8) is 0 Å². The van der Waals surface area contributed by atoms with Crippen molar-refractivity contribution in [2.75, 3.05) is 11.1 Å². The Labute approximate surface area is 120 Å². The van der Waals surface area contributed by atoms with Crippen LogP contribution in [0.5, 0.6) is 0 Å². The molecule has 0 spiro atoms. The van der Waals surface area contributed by atoms with E-state index in [-0.39, 0.29) is 5.95 Å². The lowest BCUT2D eigenvalue weighted by Gasteiger charge is -2.05. The van der Waals surface area contributed by atoms with Crippen LogP contribution in [0, 0.1) is 6.92 Å². The number of thiophene rings is 1. The minimum Gasteiger partial charge on any atom is -0.368 e. The number of rotatable bonds is 3. The van der Waals surface area contributed by atoms with Crippen LogP contribution >= 0.6 is 11.3 Å². The Hall–Kier alpha value is -2.15. The van der Waals surface area contributed by atoms with E-state index < -0.39 is 0 Å². The smallest absolute Gasteiger partial charge is 0.223 e. The number of aromatic nitrogens is 4. The zero-order valence-electron chi connectivity index (χ0n) is 11.6. The molecule has 3 heterocycles. The highest BCUT2D eigenvalue weighted by molar-refractivity contribution is 7.18. The first-order valence-corrected chi connectivity index (χ1v) is 7.21. The van der Waals surface area contributed by atoms with Crippen LogP contribution in [0.2, 0.25) is 0 Å². The van der Waals surface area contributed by atoms with Crippen LogP contribution in [0.3, 0.4) is 0 Å². The summed E-state index contributed by atoms with van der Waals surface area (Å²) in [6.45, 7) is 4.08. The predicted octanol–water partition coefficient (Wildman–Crippen LogP) is 2.62. The van der Waals surface area contributed by atoms with Crippen LogP contribution < -0.4 is 11.1 Å². The molecule has 0 saturated carbocycles. The van der Waals surface area contributed by atoms with Crippen molar-refractivity contribution in [2.24, 2.45) is 7.05 Å². The number of hydrogen-bond acceptors (Lipinski definition) is 6. The normalized spacial score (nSPS) is 11.2. The Morgan fingerprint density at radius 1 is 1.40 bits per heavy atom. The van der Waals surface area contributed by atoms with Crippen molar-refractivity contribution in [3.05, 3.63) is 22.8 Å². The lowest BCUT2D eigenvalue weighted by Crippen LogP contribution is -2.00. The molecule has 7 heteroatoms. The molecule has 0 bridgehead atoms. The average Bonchev–Trinajstić information content (AvgIpc) is 2.93. The van der Waals surface area contributed by atoms with Crippen LogP contribution in [-0.2, 0) is 13.5 Å². The summed E-state index contributed by atoms with van der Waals surface area (Å²) >= 11 is 1.65. The molecule has 0 aliphatic heterocycles. The maximum atomic E-state index is 5.80. The summed E-state index contributed by atoms with van der Waals surface area (Å²) in [4.78, 5) is 10.8. The molecule has 0 atom stereocenters. The van der Waals surface area contributed by atoms with Crippen molar-refractivity contribution >= 4 is 39.0 Å². The molecule has 3 aromatic heterocycles. The van der Waals surface area contributed by atoms with Crippen molar-refractivity contribution in [2.45, 2.75) is 20.3 Å². The van der Waals surface area contributed by atoms with Crippen molar-refractivity contribution in [3.8, 4) is 0 Å². The van der Waals surface area contributed by atoms with Gasteiger partial charge in [0, 0.05) is 18.1 Å². The highest BCUT2D eigenvalue weighted by atomic mass is 32.1. The van der Waals surface area contributed by atoms with Crippen LogP contribution in [0.25, 0.3) is 10.2 Å². The number of nitrogens with one attached hydrogen (secondary N) is 1. The van der Waals surface area contributed by atoms with E-state index in [1.807, 2.05) is 20.2 Å². The molecule has 0 fully saturated rings. The van der Waals surface area contributed by atoms with Crippen molar-refractivity contribution in [1.82, 2.24) is 19.7 Å². The fourth-order valence-corrected chi connectivity index (χ4v) is 3.08. The predicted molar refractivity (Wildman–Crippen MR) is 82.4 cm³/mol. The molecule has 0 aliphatic rings. The Kier molecular flexibility index (Phi) is 3.06. The third-order valence-corrected chi connectivity index (χ3v) is 4.25. The summed E-state index contributed by atoms with van der Waals surface area (Å²) in [7, 11) is 1.89. The summed E-state index contributed by atoms with van der Waals surface area (Å²) in [5.41, 5.74) is 7.64. The number of anilines is 3. The molecular weight excluding hydrogens is 272 g/mol. The first-order chi connectivity index (χ1) is 9.56. The lowest BCUT2D eigenvalue weighted by atomic mass is 10.3. The molecule has 0 amide bonds. The molecular formula is C13H16N6S. The zero-order chi connectivity index (χ0) is 14.3. The molecule has 3 aromatic rings. The number of nitrogen functional groups attached to an aromatic ring is 1. The van der Waals surface area contributed by atoms with Gasteiger partial charge in [0.15, 0.2) is 0 Å². The second-order valence-corrected chi connectivity index (χ2v) is 5.76. The van der Waals surface area contributed by atoms with E-state index in [0.717, 1.165) is 33.8 Å². The molecule has 6 nitrogen and oxygen atoms in total. The maximum absolute atomic E-state index is 5.80. The summed E-state index contributed by atoms with van der Waals surface area (Å²) < 4.78 is 1.77. The third kappa shape index (κ3) is 2.20. The van der Waals surface area contributed by atoms with Gasteiger partial charge in [0.25, 0.3) is 0 Å². The molecule has 0 aliphatic carbocycles. The van der Waals surface area contributed by atoms with Gasteiger partial charge in [0.2, 0.25) is 5.95 Å². The summed E-state index contributed by atoms with van der Waals surface area (Å²) in [5, 5.41) is 8.62. The largest absolute Gasteiger partial charge is 0.368 e. The minimum atomic E-state index is 0.283. The molecule has 0 aromatic carbocycles. The van der Waals surface area contributed by atoms with Gasteiger partial charge in [0.1, 0.15) is 10.6 Å². The molecule has 3 N–H and O–H groups in total. The quantitative estimate of drug-likeness (QED) is 0.774. The first-order valence-electron chi connectivity index (χ1n) is 6.40. The highest BCUT2D eigenvalue weighted by Crippen LogP contribution is 2.31. The standard InChI is InChI=1S/C13H16N6S/c1-4-8-5-9-11(16-13(14)17-12(9)20-8)15-10-6-19(3)18-7(10)2/h5-6H,4H2,1-3H3,(H3,14,15,16,17). The number of fused-ring (bicyclic) bond motifs is 1. The SMILES string of the molecule is CCc1cc2c(Nc3cn(C)nc3C)nc(N)nc2s1. The van der Waals surface area contributed by atoms with E-state index in [1.165, 1.54) is 4.88 Å². The Balaban J connectivity index is 2.10. The number of aryl methyl sites for hydroxylation is 3. The van der Waals surface area contributed by atoms with Gasteiger partial charge in [-0.2, -0.15) is 10.1 Å². The van der Waals surface area contributed by atoms with Crippen LogP contribution in [-0.4, -0.2) is 19.7 Å². The molecule has 0 radical (unpaired) electrons. The summed E-state index contributed by atoms with van der Waals surface area (Å²) in [6, 6.07) is 2.12. The molecule has 0 saturated heterocycles. The fraction of sp³-hybridized carbons (Fsp3) is 0.308. The van der Waals surface area contributed by atoms with E-state index in [9.17, 15) is 0 Å². The Morgan fingerprint density at radius 2 is 2.20 bits per heavy atom. The lowest BCUT2D eigenvalue weighted by molar-refractivity contribution is 0.756. The van der Waals surface area contributed by atoms with E-state index in [0.29, 0.717) is 0 Å². The van der Waals surface area contributed by atoms with Crippen LogP contribution in [0.4, 0.5) is 17.5 Å². The van der Waals surface area contributed by atoms with Gasteiger partial charge < -0.3 is 11.1 Å².